The van der Waals surface area contributed by atoms with E-state index in [4.69, 9.17) is 5.73 Å². The SMILES string of the molecule is Cc1cccc(C(=O)N2CCN(Cc3sc(N)nc3C)CC2)c1. The Hall–Kier alpha value is -1.92. The minimum atomic E-state index is 0.131. The van der Waals surface area contributed by atoms with Gasteiger partial charge in [-0.15, -0.1) is 11.3 Å². The van der Waals surface area contributed by atoms with Gasteiger partial charge in [-0.3, -0.25) is 9.69 Å². The molecule has 1 amide bonds. The highest BCUT2D eigenvalue weighted by Gasteiger charge is 2.23. The lowest BCUT2D eigenvalue weighted by atomic mass is 10.1. The van der Waals surface area contributed by atoms with Crippen LogP contribution in [-0.2, 0) is 6.54 Å². The first-order valence-electron chi connectivity index (χ1n) is 7.83. The van der Waals surface area contributed by atoms with Crippen molar-refractivity contribution < 1.29 is 4.79 Å². The molecule has 1 aliphatic rings. The fourth-order valence-corrected chi connectivity index (χ4v) is 3.75. The Bertz CT molecular complexity index is 704. The second-order valence-corrected chi connectivity index (χ2v) is 7.11. The first-order valence-corrected chi connectivity index (χ1v) is 8.64. The fraction of sp³-hybridized carbons (Fsp3) is 0.412. The molecule has 1 aromatic carbocycles. The Labute approximate surface area is 140 Å². The quantitative estimate of drug-likeness (QED) is 0.938. The number of rotatable bonds is 3. The molecule has 0 atom stereocenters. The molecular formula is C17H22N4OS. The second kappa shape index (κ2) is 6.68. The van der Waals surface area contributed by atoms with Crippen LogP contribution in [-0.4, -0.2) is 46.9 Å². The van der Waals surface area contributed by atoms with E-state index in [1.165, 1.54) is 4.88 Å². The summed E-state index contributed by atoms with van der Waals surface area (Å²) in [5.74, 6) is 0.131. The topological polar surface area (TPSA) is 62.5 Å². The summed E-state index contributed by atoms with van der Waals surface area (Å²) in [4.78, 5) is 22.4. The van der Waals surface area contributed by atoms with Crippen LogP contribution in [0.25, 0.3) is 0 Å². The number of piperazine rings is 1. The van der Waals surface area contributed by atoms with Crippen LogP contribution >= 0.6 is 11.3 Å². The maximum atomic E-state index is 12.6. The number of amides is 1. The van der Waals surface area contributed by atoms with Crippen LogP contribution in [0.15, 0.2) is 24.3 Å². The van der Waals surface area contributed by atoms with Crippen LogP contribution in [0.2, 0.25) is 0 Å². The zero-order valence-corrected chi connectivity index (χ0v) is 14.4. The summed E-state index contributed by atoms with van der Waals surface area (Å²) in [5, 5.41) is 0.630. The Balaban J connectivity index is 1.58. The lowest BCUT2D eigenvalue weighted by Crippen LogP contribution is -2.48. The third-order valence-electron chi connectivity index (χ3n) is 4.20. The van der Waals surface area contributed by atoms with Gasteiger partial charge in [-0.1, -0.05) is 17.7 Å². The Morgan fingerprint density at radius 3 is 2.61 bits per heavy atom. The maximum Gasteiger partial charge on any atom is 0.253 e. The highest BCUT2D eigenvalue weighted by atomic mass is 32.1. The number of nitrogen functional groups attached to an aromatic ring is 1. The lowest BCUT2D eigenvalue weighted by molar-refractivity contribution is 0.0629. The van der Waals surface area contributed by atoms with Crippen molar-refractivity contribution in [2.45, 2.75) is 20.4 Å². The normalized spacial score (nSPS) is 15.8. The van der Waals surface area contributed by atoms with E-state index in [2.05, 4.69) is 9.88 Å². The van der Waals surface area contributed by atoms with Crippen LogP contribution in [0.1, 0.15) is 26.5 Å². The second-order valence-electron chi connectivity index (χ2n) is 6.00. The van der Waals surface area contributed by atoms with E-state index in [-0.39, 0.29) is 5.91 Å². The molecule has 1 aromatic heterocycles. The molecule has 2 N–H and O–H groups in total. The molecule has 6 heteroatoms. The summed E-state index contributed by atoms with van der Waals surface area (Å²) >= 11 is 1.56. The standard InChI is InChI=1S/C17H22N4OS/c1-12-4-3-5-14(10-12)16(22)21-8-6-20(7-9-21)11-15-13(2)19-17(18)23-15/h3-5,10H,6-9,11H2,1-2H3,(H2,18,19). The van der Waals surface area contributed by atoms with Gasteiger partial charge in [-0.25, -0.2) is 4.98 Å². The van der Waals surface area contributed by atoms with Gasteiger partial charge in [0.25, 0.3) is 5.91 Å². The first-order chi connectivity index (χ1) is 11.0. The number of carbonyl (C=O) groups is 1. The van der Waals surface area contributed by atoms with Crippen LogP contribution in [0.5, 0.6) is 0 Å². The van der Waals surface area contributed by atoms with E-state index in [9.17, 15) is 4.79 Å². The average molecular weight is 330 g/mol. The van der Waals surface area contributed by atoms with Gasteiger partial charge in [0.1, 0.15) is 0 Å². The van der Waals surface area contributed by atoms with Gasteiger partial charge in [0.15, 0.2) is 5.13 Å². The largest absolute Gasteiger partial charge is 0.375 e. The van der Waals surface area contributed by atoms with Crippen molar-refractivity contribution in [2.75, 3.05) is 31.9 Å². The third kappa shape index (κ3) is 3.71. The molecule has 2 aromatic rings. The van der Waals surface area contributed by atoms with E-state index in [0.29, 0.717) is 5.13 Å². The minimum Gasteiger partial charge on any atom is -0.375 e. The van der Waals surface area contributed by atoms with Gasteiger partial charge in [0, 0.05) is 43.2 Å². The number of carbonyl (C=O) groups excluding carboxylic acids is 1. The molecule has 0 spiro atoms. The highest BCUT2D eigenvalue weighted by Crippen LogP contribution is 2.22. The number of thiazole rings is 1. The van der Waals surface area contributed by atoms with E-state index in [1.54, 1.807) is 11.3 Å². The zero-order valence-electron chi connectivity index (χ0n) is 13.6. The molecule has 1 aliphatic heterocycles. The highest BCUT2D eigenvalue weighted by molar-refractivity contribution is 7.15. The number of hydrogen-bond acceptors (Lipinski definition) is 5. The molecule has 23 heavy (non-hydrogen) atoms. The summed E-state index contributed by atoms with van der Waals surface area (Å²) in [6, 6.07) is 7.80. The van der Waals surface area contributed by atoms with Crippen molar-refractivity contribution in [2.24, 2.45) is 0 Å². The molecule has 3 rings (SSSR count). The summed E-state index contributed by atoms with van der Waals surface area (Å²) in [6.45, 7) is 8.18. The molecule has 2 heterocycles. The Morgan fingerprint density at radius 2 is 2.00 bits per heavy atom. The number of nitrogens with two attached hydrogens (primary N) is 1. The van der Waals surface area contributed by atoms with E-state index in [0.717, 1.165) is 49.5 Å². The number of aromatic nitrogens is 1. The number of benzene rings is 1. The summed E-state index contributed by atoms with van der Waals surface area (Å²) in [7, 11) is 0. The van der Waals surface area contributed by atoms with Crippen LogP contribution < -0.4 is 5.73 Å². The van der Waals surface area contributed by atoms with Crippen LogP contribution in [0.4, 0.5) is 5.13 Å². The van der Waals surface area contributed by atoms with E-state index >= 15 is 0 Å². The van der Waals surface area contributed by atoms with Gasteiger partial charge in [-0.05, 0) is 26.0 Å². The lowest BCUT2D eigenvalue weighted by Gasteiger charge is -2.34. The molecule has 122 valence electrons. The van der Waals surface area contributed by atoms with E-state index in [1.807, 2.05) is 43.0 Å². The van der Waals surface area contributed by atoms with Crippen LogP contribution in [0.3, 0.4) is 0 Å². The molecule has 0 radical (unpaired) electrons. The molecule has 1 fully saturated rings. The first kappa shape index (κ1) is 16.0. The number of anilines is 1. The molecular weight excluding hydrogens is 308 g/mol. The number of hydrogen-bond donors (Lipinski definition) is 1. The van der Waals surface area contributed by atoms with Crippen molar-refractivity contribution in [3.8, 4) is 0 Å². The summed E-state index contributed by atoms with van der Waals surface area (Å²) < 4.78 is 0. The van der Waals surface area contributed by atoms with Crippen molar-refractivity contribution in [1.29, 1.82) is 0 Å². The minimum absolute atomic E-state index is 0.131. The average Bonchev–Trinajstić information content (AvgIpc) is 2.85. The van der Waals surface area contributed by atoms with Gasteiger partial charge >= 0.3 is 0 Å². The molecule has 0 saturated carbocycles. The van der Waals surface area contributed by atoms with Gasteiger partial charge in [0.05, 0.1) is 5.69 Å². The van der Waals surface area contributed by atoms with Crippen LogP contribution in [0, 0.1) is 13.8 Å². The maximum absolute atomic E-state index is 12.6. The van der Waals surface area contributed by atoms with Crippen molar-refractivity contribution >= 4 is 22.4 Å². The molecule has 0 aliphatic carbocycles. The smallest absolute Gasteiger partial charge is 0.253 e. The van der Waals surface area contributed by atoms with Crippen molar-refractivity contribution in [1.82, 2.24) is 14.8 Å². The Morgan fingerprint density at radius 1 is 1.26 bits per heavy atom. The van der Waals surface area contributed by atoms with Gasteiger partial charge in [-0.2, -0.15) is 0 Å². The predicted molar refractivity (Wildman–Crippen MR) is 93.6 cm³/mol. The predicted octanol–water partition coefficient (Wildman–Crippen LogP) is 2.30. The number of aryl methyl sites for hydroxylation is 2. The molecule has 0 unspecified atom stereocenters. The Kier molecular flexibility index (Phi) is 4.63. The fourth-order valence-electron chi connectivity index (χ4n) is 2.87. The number of nitrogens with zero attached hydrogens (tertiary/aromatic N) is 3. The van der Waals surface area contributed by atoms with Gasteiger partial charge < -0.3 is 10.6 Å². The third-order valence-corrected chi connectivity index (χ3v) is 5.17. The monoisotopic (exact) mass is 330 g/mol. The van der Waals surface area contributed by atoms with Gasteiger partial charge in [0.2, 0.25) is 0 Å². The van der Waals surface area contributed by atoms with E-state index < -0.39 is 0 Å². The summed E-state index contributed by atoms with van der Waals surface area (Å²) in [5.41, 5.74) is 8.68. The molecule has 5 nitrogen and oxygen atoms in total. The molecule has 0 bridgehead atoms. The summed E-state index contributed by atoms with van der Waals surface area (Å²) in [6.07, 6.45) is 0. The van der Waals surface area contributed by atoms with Crippen molar-refractivity contribution in [3.05, 3.63) is 46.0 Å². The zero-order chi connectivity index (χ0) is 16.4. The van der Waals surface area contributed by atoms with Crippen molar-refractivity contribution in [3.63, 3.8) is 0 Å². The molecule has 1 saturated heterocycles.